The Kier molecular flexibility index (Phi) is 3.65. The maximum absolute atomic E-state index is 12.0. The summed E-state index contributed by atoms with van der Waals surface area (Å²) in [4.78, 5) is 12.0. The molecular formula is C8H11N7O4S. The highest BCUT2D eigenvalue weighted by molar-refractivity contribution is 7.92. The Bertz CT molecular complexity index is 719. The summed E-state index contributed by atoms with van der Waals surface area (Å²) in [6.45, 7) is -0.185. The van der Waals surface area contributed by atoms with Crippen LogP contribution in [0.15, 0.2) is 17.3 Å². The van der Waals surface area contributed by atoms with E-state index in [1.54, 1.807) is 0 Å². The van der Waals surface area contributed by atoms with Crippen molar-refractivity contribution < 1.29 is 17.9 Å². The predicted octanol–water partition coefficient (Wildman–Crippen LogP) is -1.62. The van der Waals surface area contributed by atoms with Gasteiger partial charge in [0, 0.05) is 6.20 Å². The lowest BCUT2D eigenvalue weighted by atomic mass is 10.6. The topological polar surface area (TPSA) is 134 Å². The van der Waals surface area contributed by atoms with E-state index in [9.17, 15) is 13.2 Å². The van der Waals surface area contributed by atoms with E-state index < -0.39 is 16.0 Å². The first kappa shape index (κ1) is 13.9. The highest BCUT2D eigenvalue weighted by Crippen LogP contribution is 2.11. The van der Waals surface area contributed by atoms with Crippen LogP contribution in [0.4, 0.5) is 5.95 Å². The van der Waals surface area contributed by atoms with Crippen molar-refractivity contribution in [3.8, 4) is 0 Å². The molecule has 2 rings (SSSR count). The Morgan fingerprint density at radius 2 is 2.25 bits per heavy atom. The lowest BCUT2D eigenvalue weighted by Crippen LogP contribution is -2.14. The fraction of sp³-hybridized carbons (Fsp3) is 0.375. The summed E-state index contributed by atoms with van der Waals surface area (Å²) in [6, 6.07) is 0. The fourth-order valence-electron chi connectivity index (χ4n) is 1.27. The Morgan fingerprint density at radius 3 is 2.85 bits per heavy atom. The van der Waals surface area contributed by atoms with Crippen LogP contribution in [0.1, 0.15) is 0 Å². The molecule has 0 amide bonds. The number of nitrogens with one attached hydrogen (secondary N) is 1. The molecule has 0 saturated carbocycles. The van der Waals surface area contributed by atoms with Crippen LogP contribution in [0.5, 0.6) is 0 Å². The zero-order valence-electron chi connectivity index (χ0n) is 10.6. The van der Waals surface area contributed by atoms with Gasteiger partial charge in [0.25, 0.3) is 16.0 Å². The zero-order chi connectivity index (χ0) is 14.8. The maximum atomic E-state index is 12.0. The lowest BCUT2D eigenvalue weighted by Gasteiger charge is -2.00. The van der Waals surface area contributed by atoms with Crippen LogP contribution < -0.4 is 4.72 Å². The Morgan fingerprint density at radius 1 is 1.50 bits per heavy atom. The predicted molar refractivity (Wildman–Crippen MR) is 63.8 cm³/mol. The summed E-state index contributed by atoms with van der Waals surface area (Å²) in [5, 5.41) is 14.4. The Balaban J connectivity index is 2.15. The summed E-state index contributed by atoms with van der Waals surface area (Å²) < 4.78 is 31.7. The molecule has 0 spiro atoms. The van der Waals surface area contributed by atoms with Gasteiger partial charge in [0.1, 0.15) is 11.4 Å². The largest absolute Gasteiger partial charge is 0.468 e. The number of aryl methyl sites for hydroxylation is 1. The third-order valence-electron chi connectivity index (χ3n) is 2.17. The third kappa shape index (κ3) is 3.09. The van der Waals surface area contributed by atoms with Crippen molar-refractivity contribution in [2.75, 3.05) is 11.8 Å². The minimum Gasteiger partial charge on any atom is -0.468 e. The van der Waals surface area contributed by atoms with Gasteiger partial charge in [-0.2, -0.15) is 9.90 Å². The summed E-state index contributed by atoms with van der Waals surface area (Å²) >= 11 is 0. The zero-order valence-corrected chi connectivity index (χ0v) is 11.4. The molecular weight excluding hydrogens is 290 g/mol. The lowest BCUT2D eigenvalue weighted by molar-refractivity contribution is -0.141. The van der Waals surface area contributed by atoms with Crippen LogP contribution in [-0.4, -0.2) is 51.5 Å². The molecule has 1 N–H and O–H groups in total. The minimum absolute atomic E-state index is 0.131. The van der Waals surface area contributed by atoms with Gasteiger partial charge in [0.15, 0.2) is 0 Å². The van der Waals surface area contributed by atoms with Crippen molar-refractivity contribution >= 4 is 21.9 Å². The standard InChI is InChI=1S/C8H11N7O4S/c1-14-11-8(10-13-14)12-20(17,18)6-3-9-15(4-6)5-7(16)19-2/h3-4H,5H2,1-2H3,(H,11,12). The number of hydrogen-bond acceptors (Lipinski definition) is 8. The molecule has 0 saturated heterocycles. The monoisotopic (exact) mass is 301 g/mol. The molecule has 20 heavy (non-hydrogen) atoms. The van der Waals surface area contributed by atoms with Crippen molar-refractivity contribution in [2.24, 2.45) is 7.05 Å². The van der Waals surface area contributed by atoms with Gasteiger partial charge < -0.3 is 4.74 Å². The molecule has 0 aliphatic heterocycles. The van der Waals surface area contributed by atoms with E-state index >= 15 is 0 Å². The maximum Gasteiger partial charge on any atom is 0.327 e. The summed E-state index contributed by atoms with van der Waals surface area (Å²) in [7, 11) is -1.16. The first-order valence-electron chi connectivity index (χ1n) is 5.27. The first-order chi connectivity index (χ1) is 9.40. The number of esters is 1. The van der Waals surface area contributed by atoms with Crippen LogP contribution >= 0.6 is 0 Å². The van der Waals surface area contributed by atoms with E-state index in [1.807, 2.05) is 0 Å². The molecule has 2 aromatic heterocycles. The van der Waals surface area contributed by atoms with Gasteiger partial charge >= 0.3 is 5.97 Å². The van der Waals surface area contributed by atoms with Crippen LogP contribution in [0, 0.1) is 0 Å². The minimum atomic E-state index is -3.89. The van der Waals surface area contributed by atoms with Crippen LogP contribution in [0.25, 0.3) is 0 Å². The number of anilines is 1. The van der Waals surface area contributed by atoms with Crippen molar-refractivity contribution in [1.82, 2.24) is 30.0 Å². The molecule has 0 aromatic carbocycles. The normalized spacial score (nSPS) is 11.3. The molecule has 2 heterocycles. The van der Waals surface area contributed by atoms with Crippen LogP contribution in [-0.2, 0) is 33.1 Å². The summed E-state index contributed by atoms with van der Waals surface area (Å²) in [5.41, 5.74) is 0. The van der Waals surface area contributed by atoms with Gasteiger partial charge in [-0.1, -0.05) is 5.10 Å². The van der Waals surface area contributed by atoms with Crippen molar-refractivity contribution in [3.05, 3.63) is 12.4 Å². The second kappa shape index (κ2) is 5.24. The van der Waals surface area contributed by atoms with Crippen molar-refractivity contribution in [3.63, 3.8) is 0 Å². The molecule has 0 unspecified atom stereocenters. The number of hydrogen-bond donors (Lipinski definition) is 1. The van der Waals surface area contributed by atoms with E-state index in [-0.39, 0.29) is 17.4 Å². The van der Waals surface area contributed by atoms with Crippen molar-refractivity contribution in [2.45, 2.75) is 11.4 Å². The van der Waals surface area contributed by atoms with Crippen molar-refractivity contribution in [1.29, 1.82) is 0 Å². The summed E-state index contributed by atoms with van der Waals surface area (Å²) in [6.07, 6.45) is 2.29. The second-order valence-electron chi connectivity index (χ2n) is 3.66. The quantitative estimate of drug-likeness (QED) is 0.651. The number of methoxy groups -OCH3 is 1. The molecule has 0 aliphatic rings. The van der Waals surface area contributed by atoms with E-state index in [1.165, 1.54) is 20.4 Å². The molecule has 0 atom stereocenters. The molecule has 12 heteroatoms. The van der Waals surface area contributed by atoms with E-state index in [0.717, 1.165) is 15.7 Å². The van der Waals surface area contributed by atoms with E-state index in [4.69, 9.17) is 0 Å². The number of sulfonamides is 1. The van der Waals surface area contributed by atoms with Gasteiger partial charge in [-0.25, -0.2) is 13.1 Å². The van der Waals surface area contributed by atoms with E-state index in [0.29, 0.717) is 0 Å². The number of ether oxygens (including phenoxy) is 1. The number of carbonyl (C=O) groups excluding carboxylic acids is 1. The fourth-order valence-corrected chi connectivity index (χ4v) is 2.16. The second-order valence-corrected chi connectivity index (χ2v) is 5.34. The first-order valence-corrected chi connectivity index (χ1v) is 6.75. The smallest absolute Gasteiger partial charge is 0.327 e. The van der Waals surface area contributed by atoms with Crippen LogP contribution in [0.3, 0.4) is 0 Å². The Labute approximate surface area is 113 Å². The number of tetrazole rings is 1. The van der Waals surface area contributed by atoms with Gasteiger partial charge in [0.2, 0.25) is 0 Å². The van der Waals surface area contributed by atoms with Gasteiger partial charge in [-0.3, -0.25) is 9.48 Å². The van der Waals surface area contributed by atoms with Gasteiger partial charge in [0.05, 0.1) is 20.4 Å². The van der Waals surface area contributed by atoms with Crippen LogP contribution in [0.2, 0.25) is 0 Å². The number of carbonyl (C=O) groups is 1. The number of aromatic nitrogens is 6. The highest BCUT2D eigenvalue weighted by atomic mass is 32.2. The highest BCUT2D eigenvalue weighted by Gasteiger charge is 2.19. The van der Waals surface area contributed by atoms with E-state index in [2.05, 4.69) is 30.0 Å². The third-order valence-corrected chi connectivity index (χ3v) is 3.46. The van der Waals surface area contributed by atoms with Gasteiger partial charge in [-0.15, -0.1) is 5.10 Å². The Hall–Kier alpha value is -2.50. The molecule has 0 fully saturated rings. The van der Waals surface area contributed by atoms with Gasteiger partial charge in [-0.05, 0) is 5.21 Å². The number of nitrogens with zero attached hydrogens (tertiary/aromatic N) is 6. The molecule has 0 radical (unpaired) electrons. The average molecular weight is 301 g/mol. The molecule has 0 aliphatic carbocycles. The molecule has 0 bridgehead atoms. The SMILES string of the molecule is COC(=O)Cn1cc(S(=O)(=O)Nc2nnn(C)n2)cn1. The molecule has 11 nitrogen and oxygen atoms in total. The summed E-state index contributed by atoms with van der Waals surface area (Å²) in [5.74, 6) is -0.700. The average Bonchev–Trinajstić information content (AvgIpc) is 2.98. The molecule has 108 valence electrons. The molecule has 2 aromatic rings. The number of rotatable bonds is 5.